The Hall–Kier alpha value is 0.110. The van der Waals surface area contributed by atoms with Crippen molar-refractivity contribution in [2.45, 2.75) is 6.42 Å². The summed E-state index contributed by atoms with van der Waals surface area (Å²) in [6.45, 7) is 2.17. The fourth-order valence-corrected chi connectivity index (χ4v) is 0.864. The van der Waals surface area contributed by atoms with Crippen molar-refractivity contribution < 1.29 is 0 Å². The van der Waals surface area contributed by atoms with E-state index in [0.29, 0.717) is 4.32 Å². The molecule has 0 aliphatic carbocycles. The molecule has 0 aromatic heterocycles. The summed E-state index contributed by atoms with van der Waals surface area (Å²) in [5, 5.41) is 0. The van der Waals surface area contributed by atoms with Crippen LogP contribution in [0.1, 0.15) is 6.42 Å². The average Bonchev–Trinajstić information content (AvgIpc) is 1.23. The van der Waals surface area contributed by atoms with E-state index in [1.165, 1.54) is 6.42 Å². The van der Waals surface area contributed by atoms with Gasteiger partial charge in [-0.1, -0.05) is 4.32 Å². The van der Waals surface area contributed by atoms with Gasteiger partial charge in [-0.3, -0.25) is 0 Å². The Balaban J connectivity index is 2.27. The summed E-state index contributed by atoms with van der Waals surface area (Å²) in [4.78, 5) is 2.02. The number of likely N-dealkylation sites (tertiary alicyclic amines) is 1. The quantitative estimate of drug-likeness (QED) is 0.349. The van der Waals surface area contributed by atoms with E-state index in [-0.39, 0.29) is 0 Å². The van der Waals surface area contributed by atoms with Crippen LogP contribution in [0.3, 0.4) is 0 Å². The lowest BCUT2D eigenvalue weighted by Gasteiger charge is -2.36. The summed E-state index contributed by atoms with van der Waals surface area (Å²) >= 11 is 9.42. The van der Waals surface area contributed by atoms with Crippen LogP contribution in [-0.4, -0.2) is 22.3 Å². The molecule has 0 unspecified atom stereocenters. The molecule has 0 N–H and O–H groups in total. The molecule has 0 saturated carbocycles. The molecule has 1 aliphatic heterocycles. The Kier molecular flexibility index (Phi) is 1.44. The van der Waals surface area contributed by atoms with Crippen LogP contribution in [-0.2, 0) is 12.6 Å². The predicted octanol–water partition coefficient (Wildman–Crippen LogP) is 0.524. The van der Waals surface area contributed by atoms with Crippen LogP contribution in [0.25, 0.3) is 0 Å². The van der Waals surface area contributed by atoms with Gasteiger partial charge in [-0.2, -0.15) is 0 Å². The van der Waals surface area contributed by atoms with Gasteiger partial charge < -0.3 is 29.7 Å². The van der Waals surface area contributed by atoms with Crippen molar-refractivity contribution >= 4 is 29.2 Å². The fraction of sp³-hybridized carbons (Fsp3) is 0.750. The zero-order valence-electron chi connectivity index (χ0n) is 3.89. The molecule has 0 aromatic rings. The van der Waals surface area contributed by atoms with E-state index in [0.717, 1.165) is 13.1 Å². The van der Waals surface area contributed by atoms with Gasteiger partial charge in [-0.15, -0.1) is 0 Å². The van der Waals surface area contributed by atoms with Crippen LogP contribution in [0.15, 0.2) is 0 Å². The van der Waals surface area contributed by atoms with Crippen LogP contribution in [0.2, 0.25) is 0 Å². The van der Waals surface area contributed by atoms with Gasteiger partial charge in [0.15, 0.2) is 0 Å². The molecule has 0 bridgehead atoms. The number of nitrogens with zero attached hydrogens (tertiary/aromatic N) is 1. The van der Waals surface area contributed by atoms with Gasteiger partial charge in [0.2, 0.25) is 0 Å². The average molecular weight is 132 g/mol. The molecule has 0 aromatic carbocycles. The summed E-state index contributed by atoms with van der Waals surface area (Å²) in [7, 11) is 0. The van der Waals surface area contributed by atoms with E-state index >= 15 is 0 Å². The molecular weight excluding hydrogens is 126 g/mol. The first-order valence-corrected chi connectivity index (χ1v) is 3.08. The lowest BCUT2D eigenvalue weighted by molar-refractivity contribution is 0.311. The number of hydrogen-bond acceptors (Lipinski definition) is 2. The Morgan fingerprint density at radius 1 is 1.57 bits per heavy atom. The van der Waals surface area contributed by atoms with Crippen LogP contribution < -0.4 is 0 Å². The van der Waals surface area contributed by atoms with E-state index in [4.69, 9.17) is 24.8 Å². The third kappa shape index (κ3) is 1.01. The van der Waals surface area contributed by atoms with Crippen molar-refractivity contribution in [1.29, 1.82) is 0 Å². The molecule has 0 spiro atoms. The van der Waals surface area contributed by atoms with Gasteiger partial charge in [0.1, 0.15) is 0 Å². The summed E-state index contributed by atoms with van der Waals surface area (Å²) in [5.41, 5.74) is 0. The van der Waals surface area contributed by atoms with Crippen molar-refractivity contribution in [1.82, 2.24) is 4.90 Å². The minimum atomic E-state index is 0.631. The van der Waals surface area contributed by atoms with Gasteiger partial charge >= 0.3 is 0 Å². The summed E-state index contributed by atoms with van der Waals surface area (Å²) in [6.07, 6.45) is 1.26. The first kappa shape index (κ1) is 5.25. The Bertz CT molecular complexity index is 87.7. The summed E-state index contributed by atoms with van der Waals surface area (Å²) in [6, 6.07) is 0. The van der Waals surface area contributed by atoms with Crippen LogP contribution >= 0.6 is 12.2 Å². The zero-order valence-corrected chi connectivity index (χ0v) is 5.52. The van der Waals surface area contributed by atoms with Gasteiger partial charge in [0.05, 0.1) is 0 Å². The molecule has 1 fully saturated rings. The topological polar surface area (TPSA) is 3.24 Å². The first-order chi connectivity index (χ1) is 3.30. The lowest BCUT2D eigenvalue weighted by Crippen LogP contribution is -2.39. The van der Waals surface area contributed by atoms with Crippen molar-refractivity contribution in [3.63, 3.8) is 0 Å². The van der Waals surface area contributed by atoms with Crippen molar-refractivity contribution in [3.8, 4) is 0 Å². The van der Waals surface area contributed by atoms with Gasteiger partial charge in [0, 0.05) is 13.1 Å². The fourth-order valence-electron chi connectivity index (χ4n) is 0.499. The highest BCUT2D eigenvalue weighted by Crippen LogP contribution is 2.04. The van der Waals surface area contributed by atoms with Crippen LogP contribution in [0, 0.1) is 0 Å². The Labute approximate surface area is 54.1 Å². The van der Waals surface area contributed by atoms with E-state index in [9.17, 15) is 0 Å². The Morgan fingerprint density at radius 2 is 2.14 bits per heavy atom. The second-order valence-electron chi connectivity index (χ2n) is 1.61. The normalized spacial score (nSPS) is 18.6. The smallest absolute Gasteiger partial charge is 0.0179 e. The standard InChI is InChI=1S/C4H7NS2/c6-4(7)5-2-1-3-5/h1-3H2,(H,6,7)/p-1. The number of hydrogen-bond donors (Lipinski definition) is 0. The maximum Gasteiger partial charge on any atom is 0.0179 e. The van der Waals surface area contributed by atoms with Gasteiger partial charge in [0.25, 0.3) is 0 Å². The van der Waals surface area contributed by atoms with Crippen molar-refractivity contribution in [2.24, 2.45) is 0 Å². The molecule has 1 saturated heterocycles. The van der Waals surface area contributed by atoms with E-state index in [1.807, 2.05) is 4.90 Å². The molecule has 0 amide bonds. The van der Waals surface area contributed by atoms with E-state index in [1.54, 1.807) is 0 Å². The lowest BCUT2D eigenvalue weighted by atomic mass is 10.2. The molecule has 3 heteroatoms. The Morgan fingerprint density at radius 3 is 2.14 bits per heavy atom. The SMILES string of the molecule is S=C([S-])N1CCC1. The number of rotatable bonds is 0. The maximum atomic E-state index is 4.71. The summed E-state index contributed by atoms with van der Waals surface area (Å²) in [5.74, 6) is 0. The largest absolute Gasteiger partial charge is 0.411 e. The predicted molar refractivity (Wildman–Crippen MR) is 36.2 cm³/mol. The van der Waals surface area contributed by atoms with Crippen LogP contribution in [0.4, 0.5) is 0 Å². The first-order valence-electron chi connectivity index (χ1n) is 2.26. The second kappa shape index (κ2) is 1.92. The zero-order chi connectivity index (χ0) is 5.28. The minimum Gasteiger partial charge on any atom is -0.411 e. The monoisotopic (exact) mass is 132 g/mol. The molecular formula is C4H6NS2-. The van der Waals surface area contributed by atoms with Crippen molar-refractivity contribution in [3.05, 3.63) is 0 Å². The van der Waals surface area contributed by atoms with Crippen molar-refractivity contribution in [2.75, 3.05) is 13.1 Å². The third-order valence-corrected chi connectivity index (χ3v) is 1.63. The molecule has 1 rings (SSSR count). The van der Waals surface area contributed by atoms with E-state index < -0.39 is 0 Å². The highest BCUT2D eigenvalue weighted by molar-refractivity contribution is 8.00. The molecule has 0 radical (unpaired) electrons. The van der Waals surface area contributed by atoms with E-state index in [2.05, 4.69) is 0 Å². The van der Waals surface area contributed by atoms with Gasteiger partial charge in [-0.05, 0) is 6.42 Å². The molecule has 1 heterocycles. The number of thiocarbonyl (C=S) groups is 1. The van der Waals surface area contributed by atoms with Gasteiger partial charge in [-0.25, -0.2) is 0 Å². The maximum absolute atomic E-state index is 4.71. The second-order valence-corrected chi connectivity index (χ2v) is 2.64. The van der Waals surface area contributed by atoms with Crippen LogP contribution in [0.5, 0.6) is 0 Å². The molecule has 1 nitrogen and oxygen atoms in total. The highest BCUT2D eigenvalue weighted by Gasteiger charge is 2.08. The molecule has 40 valence electrons. The molecule has 0 atom stereocenters. The third-order valence-electron chi connectivity index (χ3n) is 1.11. The summed E-state index contributed by atoms with van der Waals surface area (Å²) < 4.78 is 0.631. The molecule has 1 aliphatic rings. The molecule has 7 heavy (non-hydrogen) atoms. The minimum absolute atomic E-state index is 0.631. The highest BCUT2D eigenvalue weighted by atomic mass is 32.1.